The molecule has 0 bridgehead atoms. The van der Waals surface area contributed by atoms with E-state index in [2.05, 4.69) is 20.8 Å². The summed E-state index contributed by atoms with van der Waals surface area (Å²) in [5.41, 5.74) is 0.842. The highest BCUT2D eigenvalue weighted by atomic mass is 16.4. The predicted octanol–water partition coefficient (Wildman–Crippen LogP) is 1.80. The van der Waals surface area contributed by atoms with Crippen LogP contribution in [0.25, 0.3) is 0 Å². The number of nitrogens with one attached hydrogen (secondary N) is 3. The molecule has 1 aromatic heterocycles. The summed E-state index contributed by atoms with van der Waals surface area (Å²) in [7, 11) is 0. The molecule has 0 spiro atoms. The van der Waals surface area contributed by atoms with E-state index in [0.29, 0.717) is 0 Å². The number of hydrogen-bond donors (Lipinski definition) is 4. The van der Waals surface area contributed by atoms with Crippen LogP contribution in [-0.2, 0) is 4.79 Å². The van der Waals surface area contributed by atoms with Gasteiger partial charge >= 0.3 is 12.0 Å². The van der Waals surface area contributed by atoms with Crippen LogP contribution in [-0.4, -0.2) is 33.3 Å². The van der Waals surface area contributed by atoms with Crippen molar-refractivity contribution in [3.8, 4) is 0 Å². The van der Waals surface area contributed by atoms with Gasteiger partial charge in [-0.05, 0) is 25.7 Å². The summed E-state index contributed by atoms with van der Waals surface area (Å²) < 4.78 is 0. The van der Waals surface area contributed by atoms with E-state index in [0.717, 1.165) is 37.7 Å². The smallest absolute Gasteiger partial charge is 0.326 e. The van der Waals surface area contributed by atoms with Crippen LogP contribution >= 0.6 is 0 Å². The maximum Gasteiger partial charge on any atom is 0.326 e. The summed E-state index contributed by atoms with van der Waals surface area (Å²) in [5.74, 6) is -0.945. The van der Waals surface area contributed by atoms with Gasteiger partial charge in [-0.1, -0.05) is 19.3 Å². The van der Waals surface area contributed by atoms with E-state index < -0.39 is 18.0 Å². The van der Waals surface area contributed by atoms with E-state index in [4.69, 9.17) is 0 Å². The lowest BCUT2D eigenvalue weighted by Gasteiger charge is -2.28. The van der Waals surface area contributed by atoms with Gasteiger partial charge in [0, 0.05) is 11.8 Å². The first kappa shape index (κ1) is 15.3. The molecule has 2 unspecified atom stereocenters. The lowest BCUT2D eigenvalue weighted by molar-refractivity contribution is -0.141. The van der Waals surface area contributed by atoms with Crippen LogP contribution in [0.4, 0.5) is 4.79 Å². The van der Waals surface area contributed by atoms with Gasteiger partial charge in [-0.2, -0.15) is 5.10 Å². The molecular weight excluding hydrogens is 272 g/mol. The van der Waals surface area contributed by atoms with E-state index in [1.165, 1.54) is 0 Å². The van der Waals surface area contributed by atoms with Crippen LogP contribution < -0.4 is 10.6 Å². The topological polar surface area (TPSA) is 107 Å². The van der Waals surface area contributed by atoms with Gasteiger partial charge in [0.05, 0.1) is 12.2 Å². The van der Waals surface area contributed by atoms with E-state index in [9.17, 15) is 14.7 Å². The fourth-order valence-electron chi connectivity index (χ4n) is 2.81. The number of nitrogens with zero attached hydrogens (tertiary/aromatic N) is 1. The number of H-pyrrole nitrogens is 1. The molecule has 2 atom stereocenters. The maximum atomic E-state index is 12.0. The van der Waals surface area contributed by atoms with Crippen LogP contribution in [0.5, 0.6) is 0 Å². The number of carbonyl (C=O) groups is 2. The Kier molecular flexibility index (Phi) is 5.19. The molecule has 1 heterocycles. The van der Waals surface area contributed by atoms with Gasteiger partial charge < -0.3 is 15.7 Å². The second-order valence-electron chi connectivity index (χ2n) is 5.59. The van der Waals surface area contributed by atoms with Crippen molar-refractivity contribution in [2.24, 2.45) is 5.92 Å². The second-order valence-corrected chi connectivity index (χ2v) is 5.59. The molecule has 2 rings (SSSR count). The summed E-state index contributed by atoms with van der Waals surface area (Å²) >= 11 is 0. The minimum absolute atomic E-state index is 0.0197. The molecule has 2 amide bonds. The molecule has 1 fully saturated rings. The van der Waals surface area contributed by atoms with Crippen molar-refractivity contribution in [2.45, 2.75) is 51.1 Å². The zero-order valence-electron chi connectivity index (χ0n) is 12.1. The third kappa shape index (κ3) is 4.21. The Labute approximate surface area is 123 Å². The normalized spacial score (nSPS) is 18.7. The molecule has 1 saturated carbocycles. The lowest BCUT2D eigenvalue weighted by atomic mass is 9.84. The number of hydrogen-bond acceptors (Lipinski definition) is 3. The van der Waals surface area contributed by atoms with Crippen LogP contribution in [0.1, 0.15) is 50.6 Å². The van der Waals surface area contributed by atoms with Crippen molar-refractivity contribution in [3.63, 3.8) is 0 Å². The average Bonchev–Trinajstić information content (AvgIpc) is 2.99. The third-order valence-corrected chi connectivity index (χ3v) is 4.04. The molecule has 1 aliphatic carbocycles. The standard InChI is InChI=1S/C14H22N4O3/c1-9(11-7-15-16-8-11)17-14(21)18-12(13(19)20)10-5-3-2-4-6-10/h7-10,12H,2-6H2,1H3,(H,15,16)(H,19,20)(H2,17,18,21). The Morgan fingerprint density at radius 1 is 1.33 bits per heavy atom. The molecule has 0 aromatic carbocycles. The van der Waals surface area contributed by atoms with E-state index in [1.54, 1.807) is 12.4 Å². The molecule has 7 nitrogen and oxygen atoms in total. The first-order valence-electron chi connectivity index (χ1n) is 7.36. The monoisotopic (exact) mass is 294 g/mol. The number of rotatable bonds is 5. The van der Waals surface area contributed by atoms with Gasteiger partial charge in [-0.25, -0.2) is 9.59 Å². The first-order chi connectivity index (χ1) is 10.1. The van der Waals surface area contributed by atoms with Crippen LogP contribution in [0.3, 0.4) is 0 Å². The number of aliphatic carboxylic acids is 1. The number of aromatic nitrogens is 2. The highest BCUT2D eigenvalue weighted by Gasteiger charge is 2.30. The Morgan fingerprint density at radius 3 is 2.62 bits per heavy atom. The Bertz CT molecular complexity index is 469. The summed E-state index contributed by atoms with van der Waals surface area (Å²) in [6.45, 7) is 1.82. The number of carboxylic acid groups (broad SMARTS) is 1. The van der Waals surface area contributed by atoms with Gasteiger partial charge in [-0.3, -0.25) is 5.10 Å². The fourth-order valence-corrected chi connectivity index (χ4v) is 2.81. The Morgan fingerprint density at radius 2 is 2.05 bits per heavy atom. The van der Waals surface area contributed by atoms with Crippen LogP contribution in [0.2, 0.25) is 0 Å². The Hall–Kier alpha value is -2.05. The Balaban J connectivity index is 1.90. The molecule has 7 heteroatoms. The van der Waals surface area contributed by atoms with E-state index >= 15 is 0 Å². The summed E-state index contributed by atoms with van der Waals surface area (Å²) in [4.78, 5) is 23.4. The number of aromatic amines is 1. The van der Waals surface area contributed by atoms with Crippen molar-refractivity contribution in [3.05, 3.63) is 18.0 Å². The van der Waals surface area contributed by atoms with Gasteiger partial charge in [0.25, 0.3) is 0 Å². The minimum Gasteiger partial charge on any atom is -0.480 e. The van der Waals surface area contributed by atoms with Gasteiger partial charge in [0.2, 0.25) is 0 Å². The summed E-state index contributed by atoms with van der Waals surface area (Å²) in [5, 5.41) is 21.2. The van der Waals surface area contributed by atoms with Crippen LogP contribution in [0.15, 0.2) is 12.4 Å². The second kappa shape index (κ2) is 7.10. The molecule has 1 aliphatic rings. The van der Waals surface area contributed by atoms with E-state index in [-0.39, 0.29) is 12.0 Å². The average molecular weight is 294 g/mol. The zero-order valence-corrected chi connectivity index (χ0v) is 12.1. The van der Waals surface area contributed by atoms with Gasteiger partial charge in [0.15, 0.2) is 0 Å². The highest BCUT2D eigenvalue weighted by Crippen LogP contribution is 2.26. The summed E-state index contributed by atoms with van der Waals surface area (Å²) in [6, 6.07) is -1.51. The van der Waals surface area contributed by atoms with Gasteiger partial charge in [-0.15, -0.1) is 0 Å². The van der Waals surface area contributed by atoms with Crippen molar-refractivity contribution >= 4 is 12.0 Å². The molecule has 0 aliphatic heterocycles. The first-order valence-corrected chi connectivity index (χ1v) is 7.36. The quantitative estimate of drug-likeness (QED) is 0.664. The molecule has 4 N–H and O–H groups in total. The number of urea groups is 1. The van der Waals surface area contributed by atoms with Crippen molar-refractivity contribution in [1.29, 1.82) is 0 Å². The minimum atomic E-state index is -0.965. The number of carboxylic acids is 1. The zero-order chi connectivity index (χ0) is 15.2. The number of amides is 2. The molecule has 1 aromatic rings. The molecule has 0 radical (unpaired) electrons. The number of carbonyl (C=O) groups excluding carboxylic acids is 1. The molecule has 116 valence electrons. The third-order valence-electron chi connectivity index (χ3n) is 4.04. The molecular formula is C14H22N4O3. The van der Waals surface area contributed by atoms with Crippen molar-refractivity contribution < 1.29 is 14.7 Å². The lowest BCUT2D eigenvalue weighted by Crippen LogP contribution is -2.50. The maximum absolute atomic E-state index is 12.0. The largest absolute Gasteiger partial charge is 0.480 e. The SMILES string of the molecule is CC(NC(=O)NC(C(=O)O)C1CCCCC1)c1cn[nH]c1. The fraction of sp³-hybridized carbons (Fsp3) is 0.643. The predicted molar refractivity (Wildman–Crippen MR) is 76.7 cm³/mol. The molecule has 21 heavy (non-hydrogen) atoms. The van der Waals surface area contributed by atoms with Crippen molar-refractivity contribution in [1.82, 2.24) is 20.8 Å². The van der Waals surface area contributed by atoms with Gasteiger partial charge in [0.1, 0.15) is 6.04 Å². The van der Waals surface area contributed by atoms with E-state index in [1.807, 2.05) is 6.92 Å². The van der Waals surface area contributed by atoms with Crippen LogP contribution in [0, 0.1) is 5.92 Å². The van der Waals surface area contributed by atoms with Crippen molar-refractivity contribution in [2.75, 3.05) is 0 Å². The molecule has 0 saturated heterocycles. The summed E-state index contributed by atoms with van der Waals surface area (Å²) in [6.07, 6.45) is 8.24. The highest BCUT2D eigenvalue weighted by molar-refractivity contribution is 5.83.